The highest BCUT2D eigenvalue weighted by Gasteiger charge is 2.13. The van der Waals surface area contributed by atoms with E-state index in [1.807, 2.05) is 7.05 Å². The van der Waals surface area contributed by atoms with Crippen LogP contribution < -0.4 is 5.32 Å². The molecule has 0 bridgehead atoms. The van der Waals surface area contributed by atoms with Crippen molar-refractivity contribution in [3.05, 3.63) is 17.8 Å². The van der Waals surface area contributed by atoms with Gasteiger partial charge in [0, 0.05) is 5.57 Å². The summed E-state index contributed by atoms with van der Waals surface area (Å²) in [4.78, 5) is 4.27. The predicted molar refractivity (Wildman–Crippen MR) is 56.1 cm³/mol. The Kier molecular flexibility index (Phi) is 4.10. The van der Waals surface area contributed by atoms with Crippen molar-refractivity contribution < 1.29 is 4.52 Å². The molecule has 0 fully saturated rings. The van der Waals surface area contributed by atoms with E-state index in [9.17, 15) is 0 Å². The molecule has 1 aromatic heterocycles. The molecular formula is C9H14ClN3O. The molecule has 4 nitrogen and oxygen atoms in total. The van der Waals surface area contributed by atoms with Crippen LogP contribution in [0.5, 0.6) is 0 Å². The zero-order chi connectivity index (χ0) is 9.10. The van der Waals surface area contributed by atoms with Crippen molar-refractivity contribution in [3.8, 4) is 0 Å². The molecule has 0 aliphatic heterocycles. The van der Waals surface area contributed by atoms with Crippen LogP contribution >= 0.6 is 12.4 Å². The lowest BCUT2D eigenvalue weighted by Gasteiger charge is -1.90. The zero-order valence-corrected chi connectivity index (χ0v) is 8.93. The summed E-state index contributed by atoms with van der Waals surface area (Å²) in [5.41, 5.74) is 1.20. The molecule has 0 spiro atoms. The van der Waals surface area contributed by atoms with Gasteiger partial charge in [0.2, 0.25) is 0 Å². The highest BCUT2D eigenvalue weighted by Crippen LogP contribution is 2.25. The molecule has 1 aliphatic carbocycles. The molecule has 5 heteroatoms. The minimum Gasteiger partial charge on any atom is -0.334 e. The van der Waals surface area contributed by atoms with Crippen LogP contribution in [0.25, 0.3) is 5.57 Å². The maximum atomic E-state index is 5.13. The van der Waals surface area contributed by atoms with Crippen LogP contribution in [0.15, 0.2) is 10.6 Å². The first-order valence-electron chi connectivity index (χ1n) is 4.57. The van der Waals surface area contributed by atoms with Gasteiger partial charge in [0.05, 0.1) is 6.54 Å². The third kappa shape index (κ3) is 2.33. The van der Waals surface area contributed by atoms with Crippen molar-refractivity contribution in [3.63, 3.8) is 0 Å². The van der Waals surface area contributed by atoms with E-state index in [1.165, 1.54) is 12.0 Å². The fourth-order valence-corrected chi connectivity index (χ4v) is 1.48. The predicted octanol–water partition coefficient (Wildman–Crippen LogP) is 1.78. The molecule has 1 aliphatic rings. The molecule has 0 aromatic carbocycles. The molecule has 0 radical (unpaired) electrons. The second-order valence-electron chi connectivity index (χ2n) is 3.17. The minimum atomic E-state index is 0. The van der Waals surface area contributed by atoms with Crippen molar-refractivity contribution in [2.75, 3.05) is 7.05 Å². The summed E-state index contributed by atoms with van der Waals surface area (Å²) >= 11 is 0. The zero-order valence-electron chi connectivity index (χ0n) is 8.12. The van der Waals surface area contributed by atoms with Gasteiger partial charge in [-0.2, -0.15) is 4.98 Å². The van der Waals surface area contributed by atoms with Crippen LogP contribution in [-0.2, 0) is 6.54 Å². The standard InChI is InChI=1S/C9H13N3O.ClH/c1-10-6-8-11-9(13-12-8)7-4-2-3-5-7;/h4,10H,2-3,5-6H2,1H3;1H. The van der Waals surface area contributed by atoms with Gasteiger partial charge < -0.3 is 9.84 Å². The van der Waals surface area contributed by atoms with Crippen LogP contribution in [0.2, 0.25) is 0 Å². The topological polar surface area (TPSA) is 51.0 Å². The van der Waals surface area contributed by atoms with Gasteiger partial charge in [0.1, 0.15) is 0 Å². The maximum Gasteiger partial charge on any atom is 0.253 e. The van der Waals surface area contributed by atoms with Gasteiger partial charge in [-0.3, -0.25) is 0 Å². The van der Waals surface area contributed by atoms with Crippen molar-refractivity contribution in [2.45, 2.75) is 25.8 Å². The van der Waals surface area contributed by atoms with Crippen LogP contribution in [0.3, 0.4) is 0 Å². The highest BCUT2D eigenvalue weighted by molar-refractivity contribution is 5.85. The van der Waals surface area contributed by atoms with E-state index in [0.29, 0.717) is 12.4 Å². The van der Waals surface area contributed by atoms with Gasteiger partial charge in [0.15, 0.2) is 5.82 Å². The lowest BCUT2D eigenvalue weighted by atomic mass is 10.2. The molecule has 1 N–H and O–H groups in total. The Hall–Kier alpha value is -0.870. The smallest absolute Gasteiger partial charge is 0.253 e. The Morgan fingerprint density at radius 1 is 1.57 bits per heavy atom. The maximum absolute atomic E-state index is 5.13. The summed E-state index contributed by atoms with van der Waals surface area (Å²) in [6, 6.07) is 0. The van der Waals surface area contributed by atoms with Gasteiger partial charge in [0.25, 0.3) is 5.89 Å². The monoisotopic (exact) mass is 215 g/mol. The van der Waals surface area contributed by atoms with Crippen LogP contribution in [0.4, 0.5) is 0 Å². The van der Waals surface area contributed by atoms with E-state index >= 15 is 0 Å². The third-order valence-corrected chi connectivity index (χ3v) is 2.12. The van der Waals surface area contributed by atoms with E-state index in [0.717, 1.165) is 18.7 Å². The lowest BCUT2D eigenvalue weighted by molar-refractivity contribution is 0.398. The van der Waals surface area contributed by atoms with Crippen molar-refractivity contribution in [1.29, 1.82) is 0 Å². The Bertz CT molecular complexity index is 322. The van der Waals surface area contributed by atoms with Gasteiger partial charge in [-0.15, -0.1) is 12.4 Å². The van der Waals surface area contributed by atoms with Gasteiger partial charge >= 0.3 is 0 Å². The number of nitrogens with one attached hydrogen (secondary N) is 1. The number of aromatic nitrogens is 2. The second kappa shape index (κ2) is 5.12. The van der Waals surface area contributed by atoms with Gasteiger partial charge in [-0.1, -0.05) is 11.2 Å². The van der Waals surface area contributed by atoms with Crippen LogP contribution in [-0.4, -0.2) is 17.2 Å². The molecule has 14 heavy (non-hydrogen) atoms. The average molecular weight is 216 g/mol. The van der Waals surface area contributed by atoms with E-state index < -0.39 is 0 Å². The van der Waals surface area contributed by atoms with Crippen molar-refractivity contribution in [1.82, 2.24) is 15.5 Å². The molecule has 78 valence electrons. The number of hydrogen-bond acceptors (Lipinski definition) is 4. The number of allylic oxidation sites excluding steroid dienone is 2. The fourth-order valence-electron chi connectivity index (χ4n) is 1.48. The molecule has 1 heterocycles. The quantitative estimate of drug-likeness (QED) is 0.835. The molecule has 0 atom stereocenters. The number of hydrogen-bond donors (Lipinski definition) is 1. The molecule has 0 amide bonds. The summed E-state index contributed by atoms with van der Waals surface area (Å²) in [5, 5.41) is 6.84. The van der Waals surface area contributed by atoms with E-state index in [2.05, 4.69) is 21.5 Å². The molecule has 2 rings (SSSR count). The summed E-state index contributed by atoms with van der Waals surface area (Å²) in [6.45, 7) is 0.663. The third-order valence-electron chi connectivity index (χ3n) is 2.12. The summed E-state index contributed by atoms with van der Waals surface area (Å²) < 4.78 is 5.13. The molecule has 0 saturated carbocycles. The number of nitrogens with zero attached hydrogens (tertiary/aromatic N) is 2. The van der Waals surface area contributed by atoms with E-state index in [4.69, 9.17) is 4.52 Å². The van der Waals surface area contributed by atoms with Crippen molar-refractivity contribution in [2.24, 2.45) is 0 Å². The Labute approximate surface area is 89.2 Å². The van der Waals surface area contributed by atoms with E-state index in [-0.39, 0.29) is 12.4 Å². The first kappa shape index (κ1) is 11.2. The summed E-state index contributed by atoms with van der Waals surface area (Å²) in [7, 11) is 1.87. The average Bonchev–Trinajstić information content (AvgIpc) is 2.70. The largest absolute Gasteiger partial charge is 0.334 e. The van der Waals surface area contributed by atoms with Crippen molar-refractivity contribution >= 4 is 18.0 Å². The lowest BCUT2D eigenvalue weighted by Crippen LogP contribution is -2.06. The van der Waals surface area contributed by atoms with Gasteiger partial charge in [-0.25, -0.2) is 0 Å². The SMILES string of the molecule is CNCc1noc(C2=CCCC2)n1.Cl. The Morgan fingerprint density at radius 3 is 3.07 bits per heavy atom. The number of halogens is 1. The molecule has 0 unspecified atom stereocenters. The number of rotatable bonds is 3. The Morgan fingerprint density at radius 2 is 2.43 bits per heavy atom. The molecular weight excluding hydrogens is 202 g/mol. The van der Waals surface area contributed by atoms with Crippen LogP contribution in [0.1, 0.15) is 31.0 Å². The van der Waals surface area contributed by atoms with Crippen LogP contribution in [0, 0.1) is 0 Å². The molecule has 1 aromatic rings. The first-order chi connectivity index (χ1) is 6.40. The fraction of sp³-hybridized carbons (Fsp3) is 0.556. The summed E-state index contributed by atoms with van der Waals surface area (Å²) in [6.07, 6.45) is 5.59. The minimum absolute atomic E-state index is 0. The highest BCUT2D eigenvalue weighted by atomic mass is 35.5. The van der Waals surface area contributed by atoms with E-state index in [1.54, 1.807) is 0 Å². The Balaban J connectivity index is 0.000000980. The second-order valence-corrected chi connectivity index (χ2v) is 3.17. The van der Waals surface area contributed by atoms with Gasteiger partial charge in [-0.05, 0) is 26.3 Å². The first-order valence-corrected chi connectivity index (χ1v) is 4.57. The molecule has 0 saturated heterocycles. The summed E-state index contributed by atoms with van der Waals surface area (Å²) in [5.74, 6) is 1.42. The normalized spacial score (nSPS) is 15.1.